The zero-order valence-corrected chi connectivity index (χ0v) is 15.7. The summed E-state index contributed by atoms with van der Waals surface area (Å²) >= 11 is 0. The summed E-state index contributed by atoms with van der Waals surface area (Å²) in [4.78, 5) is 26.9. The van der Waals surface area contributed by atoms with Crippen molar-refractivity contribution < 1.29 is 9.59 Å². The number of carbonyl (C=O) groups is 2. The normalized spacial score (nSPS) is 16.4. The molecular formula is C22H22N4O2. The number of aryl methyl sites for hydroxylation is 1. The van der Waals surface area contributed by atoms with Crippen LogP contribution in [0.15, 0.2) is 60.8 Å². The Morgan fingerprint density at radius 1 is 1.21 bits per heavy atom. The zero-order chi connectivity index (χ0) is 19.5. The fourth-order valence-electron chi connectivity index (χ4n) is 3.47. The van der Waals surface area contributed by atoms with Gasteiger partial charge in [-0.3, -0.25) is 14.7 Å². The predicted octanol–water partition coefficient (Wildman–Crippen LogP) is 3.63. The SMILES string of the molecule is CCc1ccc(N2CC(C(=O)Nc3cccc(-c4ccn[nH]4)c3)CC2=O)cc1. The molecule has 2 N–H and O–H groups in total. The molecule has 0 saturated carbocycles. The topological polar surface area (TPSA) is 78.1 Å². The minimum Gasteiger partial charge on any atom is -0.326 e. The molecule has 1 atom stereocenters. The molecule has 0 spiro atoms. The van der Waals surface area contributed by atoms with Crippen LogP contribution in [0.4, 0.5) is 11.4 Å². The van der Waals surface area contributed by atoms with Gasteiger partial charge in [-0.05, 0) is 42.3 Å². The lowest BCUT2D eigenvalue weighted by Crippen LogP contribution is -2.28. The van der Waals surface area contributed by atoms with E-state index in [9.17, 15) is 9.59 Å². The van der Waals surface area contributed by atoms with Gasteiger partial charge >= 0.3 is 0 Å². The Morgan fingerprint density at radius 2 is 2.04 bits per heavy atom. The standard InChI is InChI=1S/C22H22N4O2/c1-2-15-6-8-19(9-7-15)26-14-17(13-21(26)27)22(28)24-18-5-3-4-16(12-18)20-10-11-23-25-20/h3-12,17H,2,13-14H2,1H3,(H,23,25)(H,24,28). The minimum atomic E-state index is -0.367. The van der Waals surface area contributed by atoms with E-state index < -0.39 is 0 Å². The Bertz CT molecular complexity index is 980. The van der Waals surface area contributed by atoms with Crippen LogP contribution >= 0.6 is 0 Å². The molecule has 4 rings (SSSR count). The number of nitrogens with zero attached hydrogens (tertiary/aromatic N) is 2. The summed E-state index contributed by atoms with van der Waals surface area (Å²) in [7, 11) is 0. The van der Waals surface area contributed by atoms with Crippen LogP contribution in [0.3, 0.4) is 0 Å². The van der Waals surface area contributed by atoms with Gasteiger partial charge in [0.15, 0.2) is 0 Å². The van der Waals surface area contributed by atoms with Crippen LogP contribution in [0.1, 0.15) is 18.9 Å². The maximum Gasteiger partial charge on any atom is 0.229 e. The lowest BCUT2D eigenvalue weighted by atomic mass is 10.1. The van der Waals surface area contributed by atoms with E-state index >= 15 is 0 Å². The number of benzene rings is 2. The summed E-state index contributed by atoms with van der Waals surface area (Å²) in [6.45, 7) is 2.49. The first-order valence-electron chi connectivity index (χ1n) is 9.44. The number of carbonyl (C=O) groups excluding carboxylic acids is 2. The average Bonchev–Trinajstić information content (AvgIpc) is 3.38. The van der Waals surface area contributed by atoms with Crippen molar-refractivity contribution in [3.05, 3.63) is 66.4 Å². The molecule has 0 aliphatic carbocycles. The lowest BCUT2D eigenvalue weighted by Gasteiger charge is -2.17. The highest BCUT2D eigenvalue weighted by Gasteiger charge is 2.35. The van der Waals surface area contributed by atoms with Gasteiger partial charge in [-0.15, -0.1) is 0 Å². The summed E-state index contributed by atoms with van der Waals surface area (Å²) in [5.41, 5.74) is 4.60. The highest BCUT2D eigenvalue weighted by atomic mass is 16.2. The molecule has 1 aliphatic heterocycles. The summed E-state index contributed by atoms with van der Waals surface area (Å²) in [5.74, 6) is -0.521. The molecule has 0 bridgehead atoms. The maximum atomic E-state index is 12.7. The molecule has 1 saturated heterocycles. The summed E-state index contributed by atoms with van der Waals surface area (Å²) in [6, 6.07) is 17.4. The quantitative estimate of drug-likeness (QED) is 0.716. The van der Waals surface area contributed by atoms with Crippen LogP contribution in [0.25, 0.3) is 11.3 Å². The molecule has 142 valence electrons. The number of hydrogen-bond donors (Lipinski definition) is 2. The number of H-pyrrole nitrogens is 1. The number of anilines is 2. The van der Waals surface area contributed by atoms with Gasteiger partial charge in [0.05, 0.1) is 11.6 Å². The van der Waals surface area contributed by atoms with Crippen LogP contribution in [-0.2, 0) is 16.0 Å². The highest BCUT2D eigenvalue weighted by Crippen LogP contribution is 2.27. The summed E-state index contributed by atoms with van der Waals surface area (Å²) in [5, 5.41) is 9.81. The molecule has 1 aromatic heterocycles. The van der Waals surface area contributed by atoms with Gasteiger partial charge in [0.1, 0.15) is 0 Å². The number of hydrogen-bond acceptors (Lipinski definition) is 3. The second-order valence-electron chi connectivity index (χ2n) is 6.97. The van der Waals surface area contributed by atoms with Crippen molar-refractivity contribution in [2.24, 2.45) is 5.92 Å². The third-order valence-electron chi connectivity index (χ3n) is 5.09. The molecule has 2 amide bonds. The highest BCUT2D eigenvalue weighted by molar-refractivity contribution is 6.03. The van der Waals surface area contributed by atoms with E-state index in [1.165, 1.54) is 5.56 Å². The zero-order valence-electron chi connectivity index (χ0n) is 15.7. The number of rotatable bonds is 5. The number of nitrogens with one attached hydrogen (secondary N) is 2. The maximum absolute atomic E-state index is 12.7. The van der Waals surface area contributed by atoms with E-state index in [-0.39, 0.29) is 24.2 Å². The lowest BCUT2D eigenvalue weighted by molar-refractivity contribution is -0.122. The molecule has 28 heavy (non-hydrogen) atoms. The van der Waals surface area contributed by atoms with Gasteiger partial charge in [0, 0.05) is 36.1 Å². The predicted molar refractivity (Wildman–Crippen MR) is 109 cm³/mol. The van der Waals surface area contributed by atoms with E-state index in [4.69, 9.17) is 0 Å². The Kier molecular flexibility index (Phi) is 4.93. The van der Waals surface area contributed by atoms with Gasteiger partial charge in [-0.2, -0.15) is 5.10 Å². The molecule has 0 radical (unpaired) electrons. The van der Waals surface area contributed by atoms with Crippen molar-refractivity contribution in [1.29, 1.82) is 0 Å². The van der Waals surface area contributed by atoms with Crippen molar-refractivity contribution in [3.8, 4) is 11.3 Å². The molecule has 1 unspecified atom stereocenters. The fourth-order valence-corrected chi connectivity index (χ4v) is 3.47. The summed E-state index contributed by atoms with van der Waals surface area (Å²) in [6.07, 6.45) is 2.87. The van der Waals surface area contributed by atoms with Gasteiger partial charge in [0.25, 0.3) is 0 Å². The summed E-state index contributed by atoms with van der Waals surface area (Å²) < 4.78 is 0. The van der Waals surface area contributed by atoms with Gasteiger partial charge < -0.3 is 10.2 Å². The second kappa shape index (κ2) is 7.68. The van der Waals surface area contributed by atoms with Crippen LogP contribution < -0.4 is 10.2 Å². The van der Waals surface area contributed by atoms with Gasteiger partial charge in [-0.1, -0.05) is 31.2 Å². The molecule has 1 fully saturated rings. The van der Waals surface area contributed by atoms with Gasteiger partial charge in [-0.25, -0.2) is 0 Å². The van der Waals surface area contributed by atoms with Crippen molar-refractivity contribution in [3.63, 3.8) is 0 Å². The van der Waals surface area contributed by atoms with Crippen LogP contribution in [0.5, 0.6) is 0 Å². The Hall–Kier alpha value is -3.41. The average molecular weight is 374 g/mol. The van der Waals surface area contributed by atoms with Crippen molar-refractivity contribution in [2.75, 3.05) is 16.8 Å². The van der Waals surface area contributed by atoms with E-state index in [0.29, 0.717) is 12.2 Å². The Balaban J connectivity index is 1.44. The van der Waals surface area contributed by atoms with Crippen molar-refractivity contribution in [1.82, 2.24) is 10.2 Å². The van der Waals surface area contributed by atoms with Crippen LogP contribution in [-0.4, -0.2) is 28.6 Å². The molecule has 1 aliphatic rings. The monoisotopic (exact) mass is 374 g/mol. The van der Waals surface area contributed by atoms with Crippen molar-refractivity contribution in [2.45, 2.75) is 19.8 Å². The largest absolute Gasteiger partial charge is 0.326 e. The first kappa shape index (κ1) is 18.0. The van der Waals surface area contributed by atoms with Crippen LogP contribution in [0.2, 0.25) is 0 Å². The molecule has 6 heteroatoms. The third kappa shape index (κ3) is 3.67. The molecular weight excluding hydrogens is 352 g/mol. The third-order valence-corrected chi connectivity index (χ3v) is 5.09. The molecule has 3 aromatic rings. The Labute approximate surface area is 163 Å². The van der Waals surface area contributed by atoms with E-state index in [0.717, 1.165) is 23.4 Å². The van der Waals surface area contributed by atoms with Crippen molar-refractivity contribution >= 4 is 23.2 Å². The number of aromatic amines is 1. The Morgan fingerprint density at radius 3 is 2.75 bits per heavy atom. The minimum absolute atomic E-state index is 0.0180. The number of amides is 2. The fraction of sp³-hybridized carbons (Fsp3) is 0.227. The van der Waals surface area contributed by atoms with E-state index in [1.54, 1.807) is 11.1 Å². The first-order chi connectivity index (χ1) is 13.6. The van der Waals surface area contributed by atoms with E-state index in [1.807, 2.05) is 54.6 Å². The van der Waals surface area contributed by atoms with Gasteiger partial charge in [0.2, 0.25) is 11.8 Å². The van der Waals surface area contributed by atoms with Crippen LogP contribution in [0, 0.1) is 5.92 Å². The second-order valence-corrected chi connectivity index (χ2v) is 6.97. The molecule has 2 heterocycles. The van der Waals surface area contributed by atoms with E-state index in [2.05, 4.69) is 22.4 Å². The molecule has 6 nitrogen and oxygen atoms in total. The first-order valence-corrected chi connectivity index (χ1v) is 9.44. The smallest absolute Gasteiger partial charge is 0.229 e. The number of aromatic nitrogens is 2. The molecule has 2 aromatic carbocycles.